The highest BCUT2D eigenvalue weighted by molar-refractivity contribution is 7.85. The average molecular weight is 248 g/mol. The van der Waals surface area contributed by atoms with Gasteiger partial charge in [0, 0.05) is 23.2 Å². The molecule has 90 valence electrons. The normalized spacial score (nSPS) is 13.8. The summed E-state index contributed by atoms with van der Waals surface area (Å²) in [5.74, 6) is -1.65. The molecule has 0 saturated carbocycles. The van der Waals surface area contributed by atoms with Crippen molar-refractivity contribution < 1.29 is 32.0 Å². The number of carboxylic acid groups (broad SMARTS) is 1. The van der Waals surface area contributed by atoms with Crippen LogP contribution in [0, 0.1) is 0 Å². The molecule has 0 fully saturated rings. The minimum Gasteiger partial charge on any atom is -0.481 e. The van der Waals surface area contributed by atoms with E-state index in [1.807, 2.05) is 0 Å². The molecule has 0 aromatic carbocycles. The SMILES string of the molecule is O=C(O)CS(=O)CCCOCC(F)(F)F. The summed E-state index contributed by atoms with van der Waals surface area (Å²) in [6, 6.07) is 0. The van der Waals surface area contributed by atoms with Gasteiger partial charge in [-0.25, -0.2) is 0 Å². The van der Waals surface area contributed by atoms with E-state index >= 15 is 0 Å². The molecule has 0 rings (SSSR count). The van der Waals surface area contributed by atoms with Gasteiger partial charge in [0.05, 0.1) is 0 Å². The zero-order chi connectivity index (χ0) is 11.9. The summed E-state index contributed by atoms with van der Waals surface area (Å²) >= 11 is 0. The summed E-state index contributed by atoms with van der Waals surface area (Å²) in [4.78, 5) is 10.1. The second kappa shape index (κ2) is 6.78. The van der Waals surface area contributed by atoms with E-state index in [0.717, 1.165) is 0 Å². The monoisotopic (exact) mass is 248 g/mol. The maximum absolute atomic E-state index is 11.6. The van der Waals surface area contributed by atoms with Gasteiger partial charge < -0.3 is 9.84 Å². The van der Waals surface area contributed by atoms with Gasteiger partial charge in [0.1, 0.15) is 12.4 Å². The van der Waals surface area contributed by atoms with Gasteiger partial charge in [-0.05, 0) is 6.42 Å². The third-order valence-corrected chi connectivity index (χ3v) is 2.52. The maximum Gasteiger partial charge on any atom is 0.411 e. The lowest BCUT2D eigenvalue weighted by molar-refractivity contribution is -0.173. The van der Waals surface area contributed by atoms with E-state index < -0.39 is 35.3 Å². The molecule has 0 saturated heterocycles. The van der Waals surface area contributed by atoms with Gasteiger partial charge in [-0.3, -0.25) is 9.00 Å². The van der Waals surface area contributed by atoms with Gasteiger partial charge in [-0.2, -0.15) is 13.2 Å². The average Bonchev–Trinajstić information content (AvgIpc) is 1.99. The van der Waals surface area contributed by atoms with Crippen molar-refractivity contribution in [2.24, 2.45) is 0 Å². The Morgan fingerprint density at radius 3 is 2.47 bits per heavy atom. The summed E-state index contributed by atoms with van der Waals surface area (Å²) < 4.78 is 49.8. The Morgan fingerprint density at radius 1 is 1.40 bits per heavy atom. The predicted molar refractivity (Wildman–Crippen MR) is 47.0 cm³/mol. The van der Waals surface area contributed by atoms with Crippen molar-refractivity contribution in [3.8, 4) is 0 Å². The highest BCUT2D eigenvalue weighted by atomic mass is 32.2. The Hall–Kier alpha value is -0.630. The number of halogens is 3. The first-order valence-electron chi connectivity index (χ1n) is 4.02. The number of carboxylic acids is 1. The zero-order valence-electron chi connectivity index (χ0n) is 7.75. The smallest absolute Gasteiger partial charge is 0.411 e. The Balaban J connectivity index is 3.39. The minimum absolute atomic E-state index is 0.0319. The summed E-state index contributed by atoms with van der Waals surface area (Å²) in [5, 5.41) is 8.22. The van der Waals surface area contributed by atoms with Crippen LogP contribution < -0.4 is 0 Å². The van der Waals surface area contributed by atoms with Gasteiger partial charge in [0.2, 0.25) is 0 Å². The molecule has 0 heterocycles. The van der Waals surface area contributed by atoms with Crippen molar-refractivity contribution in [2.45, 2.75) is 12.6 Å². The molecule has 0 aromatic rings. The van der Waals surface area contributed by atoms with Gasteiger partial charge >= 0.3 is 12.1 Å². The van der Waals surface area contributed by atoms with Crippen molar-refractivity contribution in [1.82, 2.24) is 0 Å². The number of hydrogen-bond donors (Lipinski definition) is 1. The van der Waals surface area contributed by atoms with Gasteiger partial charge in [-0.15, -0.1) is 0 Å². The number of alkyl halides is 3. The Bertz CT molecular complexity index is 229. The molecule has 1 N–H and O–H groups in total. The van der Waals surface area contributed by atoms with Crippen molar-refractivity contribution >= 4 is 16.8 Å². The van der Waals surface area contributed by atoms with Gasteiger partial charge in [0.15, 0.2) is 0 Å². The van der Waals surface area contributed by atoms with Crippen molar-refractivity contribution in [2.75, 3.05) is 24.7 Å². The third-order valence-electron chi connectivity index (χ3n) is 1.21. The van der Waals surface area contributed by atoms with E-state index in [4.69, 9.17) is 5.11 Å². The molecule has 4 nitrogen and oxygen atoms in total. The molecule has 0 aromatic heterocycles. The fraction of sp³-hybridized carbons (Fsp3) is 0.857. The van der Waals surface area contributed by atoms with Crippen molar-refractivity contribution in [3.05, 3.63) is 0 Å². The fourth-order valence-corrected chi connectivity index (χ4v) is 1.58. The molecule has 0 aliphatic carbocycles. The molecule has 1 unspecified atom stereocenters. The van der Waals surface area contributed by atoms with Crippen LogP contribution >= 0.6 is 0 Å². The van der Waals surface area contributed by atoms with E-state index in [9.17, 15) is 22.2 Å². The molecule has 8 heteroatoms. The summed E-state index contributed by atoms with van der Waals surface area (Å²) in [6.07, 6.45) is -4.21. The first-order valence-corrected chi connectivity index (χ1v) is 5.51. The molecule has 0 aliphatic rings. The van der Waals surface area contributed by atoms with Crippen LogP contribution in [0.4, 0.5) is 13.2 Å². The van der Waals surface area contributed by atoms with Crippen LogP contribution in [0.15, 0.2) is 0 Å². The summed E-state index contributed by atoms with van der Waals surface area (Å²) in [7, 11) is -1.54. The highest BCUT2D eigenvalue weighted by Crippen LogP contribution is 2.14. The van der Waals surface area contributed by atoms with E-state index in [-0.39, 0.29) is 18.8 Å². The first-order chi connectivity index (χ1) is 6.81. The molecule has 15 heavy (non-hydrogen) atoms. The second-order valence-corrected chi connectivity index (χ2v) is 4.28. The number of carbonyl (C=O) groups is 1. The lowest BCUT2D eigenvalue weighted by atomic mass is 10.5. The van der Waals surface area contributed by atoms with Crippen LogP contribution in [-0.4, -0.2) is 46.2 Å². The summed E-state index contributed by atoms with van der Waals surface area (Å²) in [6.45, 7) is -1.51. The molecule has 0 aliphatic heterocycles. The molecule has 1 atom stereocenters. The van der Waals surface area contributed by atoms with Crippen LogP contribution in [0.25, 0.3) is 0 Å². The maximum atomic E-state index is 11.6. The highest BCUT2D eigenvalue weighted by Gasteiger charge is 2.27. The van der Waals surface area contributed by atoms with Gasteiger partial charge in [0.25, 0.3) is 0 Å². The number of hydrogen-bond acceptors (Lipinski definition) is 3. The largest absolute Gasteiger partial charge is 0.481 e. The first kappa shape index (κ1) is 14.4. The standard InChI is InChI=1S/C7H11F3O4S/c8-7(9,10)5-14-2-1-3-15(13)4-6(11)12/h1-5H2,(H,11,12). The number of aliphatic carboxylic acids is 1. The topological polar surface area (TPSA) is 63.6 Å². The number of rotatable bonds is 7. The van der Waals surface area contributed by atoms with Crippen LogP contribution in [0.3, 0.4) is 0 Å². The summed E-state index contributed by atoms with van der Waals surface area (Å²) in [5.41, 5.74) is 0. The quantitative estimate of drug-likeness (QED) is 0.676. The molecule has 0 bridgehead atoms. The Kier molecular flexibility index (Phi) is 6.50. The predicted octanol–water partition coefficient (Wildman–Crippen LogP) is 0.789. The van der Waals surface area contributed by atoms with E-state index in [2.05, 4.69) is 4.74 Å². The lowest BCUT2D eigenvalue weighted by Crippen LogP contribution is -2.18. The van der Waals surface area contributed by atoms with Crippen molar-refractivity contribution in [1.29, 1.82) is 0 Å². The van der Waals surface area contributed by atoms with Crippen LogP contribution in [0.5, 0.6) is 0 Å². The number of ether oxygens (including phenoxy) is 1. The molecule has 0 spiro atoms. The fourth-order valence-electron chi connectivity index (χ4n) is 0.720. The third kappa shape index (κ3) is 11.3. The Labute approximate surface area is 86.9 Å². The van der Waals surface area contributed by atoms with E-state index in [1.165, 1.54) is 0 Å². The van der Waals surface area contributed by atoms with Crippen molar-refractivity contribution in [3.63, 3.8) is 0 Å². The van der Waals surface area contributed by atoms with Crippen LogP contribution in [0.2, 0.25) is 0 Å². The van der Waals surface area contributed by atoms with E-state index in [1.54, 1.807) is 0 Å². The second-order valence-electron chi connectivity index (χ2n) is 2.70. The van der Waals surface area contributed by atoms with Crippen LogP contribution in [0.1, 0.15) is 6.42 Å². The molecular weight excluding hydrogens is 237 g/mol. The van der Waals surface area contributed by atoms with Gasteiger partial charge in [-0.1, -0.05) is 0 Å². The Morgan fingerprint density at radius 2 is 2.00 bits per heavy atom. The molecule has 0 radical (unpaired) electrons. The lowest BCUT2D eigenvalue weighted by Gasteiger charge is -2.06. The van der Waals surface area contributed by atoms with Crippen LogP contribution in [-0.2, 0) is 20.3 Å². The molecule has 0 amide bonds. The van der Waals surface area contributed by atoms with E-state index in [0.29, 0.717) is 0 Å². The zero-order valence-corrected chi connectivity index (χ0v) is 8.57. The minimum atomic E-state index is -4.36. The molecular formula is C7H11F3O4S.